The van der Waals surface area contributed by atoms with Gasteiger partial charge in [0.1, 0.15) is 0 Å². The number of carbonyl (C=O) groups is 1. The fourth-order valence-electron chi connectivity index (χ4n) is 3.25. The van der Waals surface area contributed by atoms with Crippen molar-refractivity contribution < 1.29 is 4.79 Å². The summed E-state index contributed by atoms with van der Waals surface area (Å²) in [7, 11) is 0. The average molecular weight is 330 g/mol. The minimum Gasteiger partial charge on any atom is -0.329 e. The Morgan fingerprint density at radius 2 is 1.95 bits per heavy atom. The van der Waals surface area contributed by atoms with Crippen LogP contribution in [0, 0.1) is 11.3 Å². The van der Waals surface area contributed by atoms with Crippen molar-refractivity contribution in [1.29, 1.82) is 0 Å². The average Bonchev–Trinajstić information content (AvgIpc) is 2.91. The van der Waals surface area contributed by atoms with Crippen LogP contribution in [0.4, 0.5) is 0 Å². The molecule has 1 amide bonds. The van der Waals surface area contributed by atoms with Crippen LogP contribution in [0.5, 0.6) is 0 Å². The zero-order valence-corrected chi connectivity index (χ0v) is 14.5. The molecule has 2 aliphatic rings. The highest BCUT2D eigenvalue weighted by Gasteiger charge is 2.40. The normalized spacial score (nSPS) is 21.7. The van der Waals surface area contributed by atoms with Crippen molar-refractivity contribution in [3.05, 3.63) is 21.8 Å². The predicted octanol–water partition coefficient (Wildman–Crippen LogP) is 5.47. The van der Waals surface area contributed by atoms with E-state index < -0.39 is 0 Å². The monoisotopic (exact) mass is 329 g/mol. The van der Waals surface area contributed by atoms with Crippen molar-refractivity contribution in [2.45, 2.75) is 65.2 Å². The first kappa shape index (κ1) is 16.9. The van der Waals surface area contributed by atoms with E-state index in [2.05, 4.69) is 19.2 Å². The molecule has 2 aliphatic carbocycles. The summed E-state index contributed by atoms with van der Waals surface area (Å²) in [5.41, 5.74) is 0.743. The smallest absolute Gasteiger partial charge is 0.230 e. The van der Waals surface area contributed by atoms with Gasteiger partial charge in [0.05, 0.1) is 5.03 Å². The predicted molar refractivity (Wildman–Crippen MR) is 89.2 cm³/mol. The Bertz CT molecular complexity index is 459. The number of carbonyl (C=O) groups excluding carboxylic acids is 1. The topological polar surface area (TPSA) is 29.1 Å². The lowest BCUT2D eigenvalue weighted by Crippen LogP contribution is -2.39. The number of allylic oxidation sites excluding steroid dienone is 4. The highest BCUT2D eigenvalue weighted by Crippen LogP contribution is 2.43. The lowest BCUT2D eigenvalue weighted by molar-refractivity contribution is -0.130. The number of rotatable bonds is 5. The summed E-state index contributed by atoms with van der Waals surface area (Å²) >= 11 is 12.1. The maximum atomic E-state index is 12.8. The van der Waals surface area contributed by atoms with Gasteiger partial charge in [-0.15, -0.1) is 0 Å². The molecule has 118 valence electrons. The van der Waals surface area contributed by atoms with Gasteiger partial charge in [-0.2, -0.15) is 0 Å². The second-order valence-corrected chi connectivity index (χ2v) is 7.66. The molecular formula is C17H25Cl2NO. The van der Waals surface area contributed by atoms with Crippen LogP contribution in [-0.4, -0.2) is 5.91 Å². The maximum Gasteiger partial charge on any atom is 0.230 e. The molecule has 0 aliphatic heterocycles. The van der Waals surface area contributed by atoms with Crippen LogP contribution >= 0.6 is 23.2 Å². The molecule has 21 heavy (non-hydrogen) atoms. The Morgan fingerprint density at radius 1 is 1.29 bits per heavy atom. The minimum atomic E-state index is -0.164. The van der Waals surface area contributed by atoms with Crippen molar-refractivity contribution >= 4 is 29.1 Å². The third-order valence-corrected chi connectivity index (χ3v) is 5.52. The summed E-state index contributed by atoms with van der Waals surface area (Å²) in [6, 6.07) is 0. The lowest BCUT2D eigenvalue weighted by atomic mass is 9.79. The van der Waals surface area contributed by atoms with Gasteiger partial charge < -0.3 is 5.32 Å². The molecule has 0 radical (unpaired) electrons. The van der Waals surface area contributed by atoms with Crippen molar-refractivity contribution in [2.75, 3.05) is 0 Å². The fraction of sp³-hybridized carbons (Fsp3) is 0.706. The molecule has 0 heterocycles. The first-order chi connectivity index (χ1) is 9.93. The molecule has 0 bridgehead atoms. The van der Waals surface area contributed by atoms with E-state index in [0.29, 0.717) is 22.4 Å². The summed E-state index contributed by atoms with van der Waals surface area (Å²) in [5, 5.41) is 4.36. The maximum absolute atomic E-state index is 12.8. The quantitative estimate of drug-likeness (QED) is 0.712. The Morgan fingerprint density at radius 3 is 2.52 bits per heavy atom. The molecule has 1 saturated carbocycles. The van der Waals surface area contributed by atoms with E-state index in [1.165, 1.54) is 0 Å². The molecule has 0 aromatic carbocycles. The number of amides is 1. The van der Waals surface area contributed by atoms with E-state index in [1.807, 2.05) is 0 Å². The molecule has 0 unspecified atom stereocenters. The third-order valence-electron chi connectivity index (χ3n) is 4.69. The molecular weight excluding hydrogens is 305 g/mol. The number of hydrogen-bond donors (Lipinski definition) is 1. The summed E-state index contributed by atoms with van der Waals surface area (Å²) < 4.78 is 0. The number of hydrogen-bond acceptors (Lipinski definition) is 1. The highest BCUT2D eigenvalue weighted by molar-refractivity contribution is 6.40. The van der Waals surface area contributed by atoms with Crippen LogP contribution in [0.2, 0.25) is 0 Å². The summed E-state index contributed by atoms with van der Waals surface area (Å²) in [4.78, 5) is 12.8. The van der Waals surface area contributed by atoms with Crippen molar-refractivity contribution in [2.24, 2.45) is 11.3 Å². The van der Waals surface area contributed by atoms with Crippen LogP contribution in [0.3, 0.4) is 0 Å². The largest absolute Gasteiger partial charge is 0.329 e. The second-order valence-electron chi connectivity index (χ2n) is 6.80. The van der Waals surface area contributed by atoms with Gasteiger partial charge in [-0.1, -0.05) is 49.9 Å². The SMILES string of the molecule is CC(C)CCC1(C(=O)NC2=CC(Cl)=C(Cl)CC2)CCCC1. The Hall–Kier alpha value is -0.470. The van der Waals surface area contributed by atoms with Gasteiger partial charge >= 0.3 is 0 Å². The van der Waals surface area contributed by atoms with Gasteiger partial charge in [0.2, 0.25) is 5.91 Å². The van der Waals surface area contributed by atoms with E-state index in [9.17, 15) is 4.79 Å². The van der Waals surface area contributed by atoms with E-state index in [0.717, 1.165) is 50.6 Å². The van der Waals surface area contributed by atoms with Crippen LogP contribution < -0.4 is 5.32 Å². The lowest BCUT2D eigenvalue weighted by Gasteiger charge is -2.29. The van der Waals surface area contributed by atoms with E-state index in [4.69, 9.17) is 23.2 Å². The van der Waals surface area contributed by atoms with Crippen molar-refractivity contribution in [3.8, 4) is 0 Å². The van der Waals surface area contributed by atoms with E-state index in [1.54, 1.807) is 6.08 Å². The molecule has 0 aromatic heterocycles. The molecule has 1 fully saturated rings. The first-order valence-corrected chi connectivity index (χ1v) is 8.75. The minimum absolute atomic E-state index is 0.164. The van der Waals surface area contributed by atoms with Crippen molar-refractivity contribution in [1.82, 2.24) is 5.32 Å². The molecule has 2 rings (SSSR count). The van der Waals surface area contributed by atoms with Gasteiger partial charge in [-0.25, -0.2) is 0 Å². The Labute approximate surface area is 138 Å². The van der Waals surface area contributed by atoms with Gasteiger partial charge in [0.15, 0.2) is 0 Å². The van der Waals surface area contributed by atoms with Crippen LogP contribution in [0.25, 0.3) is 0 Å². The molecule has 0 spiro atoms. The molecule has 0 aromatic rings. The zero-order valence-electron chi connectivity index (χ0n) is 13.0. The summed E-state index contributed by atoms with van der Waals surface area (Å²) in [6.07, 6.45) is 9.75. The van der Waals surface area contributed by atoms with Gasteiger partial charge in [-0.05, 0) is 50.5 Å². The fourth-order valence-corrected chi connectivity index (χ4v) is 3.63. The molecule has 0 atom stereocenters. The van der Waals surface area contributed by atoms with Gasteiger partial charge in [0, 0.05) is 16.1 Å². The van der Waals surface area contributed by atoms with Crippen LogP contribution in [0.15, 0.2) is 21.8 Å². The molecule has 1 N–H and O–H groups in total. The Balaban J connectivity index is 2.04. The first-order valence-electron chi connectivity index (χ1n) is 7.99. The van der Waals surface area contributed by atoms with Crippen LogP contribution in [-0.2, 0) is 4.79 Å². The number of halogens is 2. The zero-order chi connectivity index (χ0) is 15.5. The molecule has 0 saturated heterocycles. The van der Waals surface area contributed by atoms with Gasteiger partial charge in [0.25, 0.3) is 0 Å². The van der Waals surface area contributed by atoms with Gasteiger partial charge in [-0.3, -0.25) is 4.79 Å². The molecule has 2 nitrogen and oxygen atoms in total. The third kappa shape index (κ3) is 4.26. The summed E-state index contributed by atoms with van der Waals surface area (Å²) in [6.45, 7) is 4.44. The highest BCUT2D eigenvalue weighted by atomic mass is 35.5. The standard InChI is InChI=1S/C17H25Cl2NO/c1-12(2)7-10-17(8-3-4-9-17)16(21)20-13-5-6-14(18)15(19)11-13/h11-12H,3-10H2,1-2H3,(H,20,21). The van der Waals surface area contributed by atoms with Crippen LogP contribution in [0.1, 0.15) is 65.2 Å². The summed E-state index contributed by atoms with van der Waals surface area (Å²) in [5.74, 6) is 0.828. The van der Waals surface area contributed by atoms with Crippen molar-refractivity contribution in [3.63, 3.8) is 0 Å². The van der Waals surface area contributed by atoms with E-state index in [-0.39, 0.29) is 11.3 Å². The Kier molecular flexibility index (Phi) is 5.79. The van der Waals surface area contributed by atoms with E-state index >= 15 is 0 Å². The molecule has 4 heteroatoms. The number of nitrogens with one attached hydrogen (secondary N) is 1. The second kappa shape index (κ2) is 7.19.